The molecule has 0 aromatic carbocycles. The number of amides is 1. The van der Waals surface area contributed by atoms with Crippen LogP contribution in [0.25, 0.3) is 0 Å². The fourth-order valence-electron chi connectivity index (χ4n) is 3.62. The van der Waals surface area contributed by atoms with Gasteiger partial charge in [0, 0.05) is 18.7 Å². The van der Waals surface area contributed by atoms with Crippen LogP contribution in [-0.4, -0.2) is 59.9 Å². The van der Waals surface area contributed by atoms with Crippen LogP contribution in [0, 0.1) is 6.92 Å². The van der Waals surface area contributed by atoms with E-state index >= 15 is 0 Å². The summed E-state index contributed by atoms with van der Waals surface area (Å²) >= 11 is 0. The molecule has 0 spiro atoms. The van der Waals surface area contributed by atoms with Gasteiger partial charge in [-0.3, -0.25) is 4.79 Å². The molecule has 0 saturated carbocycles. The number of hydrogen-bond acceptors (Lipinski definition) is 6. The van der Waals surface area contributed by atoms with Gasteiger partial charge in [0.05, 0.1) is 25.5 Å². The lowest BCUT2D eigenvalue weighted by Gasteiger charge is -2.30. The van der Waals surface area contributed by atoms with Gasteiger partial charge >= 0.3 is 0 Å². The van der Waals surface area contributed by atoms with Crippen molar-refractivity contribution in [3.63, 3.8) is 0 Å². The number of rotatable bonds is 9. The third-order valence-electron chi connectivity index (χ3n) is 4.80. The van der Waals surface area contributed by atoms with Crippen LogP contribution >= 0.6 is 0 Å². The fraction of sp³-hybridized carbons (Fsp3) is 0.750. The number of nitrogens with one attached hydrogen (secondary N) is 1. The van der Waals surface area contributed by atoms with E-state index in [-0.39, 0.29) is 24.5 Å². The average molecular weight is 379 g/mol. The van der Waals surface area contributed by atoms with E-state index in [9.17, 15) is 4.79 Å². The Labute approximate surface area is 162 Å². The first-order chi connectivity index (χ1) is 12.9. The van der Waals surface area contributed by atoms with Crippen LogP contribution in [0.1, 0.15) is 69.5 Å². The fourth-order valence-corrected chi connectivity index (χ4v) is 3.62. The molecule has 1 atom stereocenters. The first kappa shape index (κ1) is 21.6. The van der Waals surface area contributed by atoms with E-state index in [2.05, 4.69) is 37.9 Å². The van der Waals surface area contributed by atoms with Crippen molar-refractivity contribution >= 4 is 11.7 Å². The highest BCUT2D eigenvalue weighted by atomic mass is 16.5. The van der Waals surface area contributed by atoms with Crippen LogP contribution < -0.4 is 10.2 Å². The second-order valence-corrected chi connectivity index (χ2v) is 7.68. The Hall–Kier alpha value is -1.73. The Balaban J connectivity index is 2.22. The van der Waals surface area contributed by atoms with Gasteiger partial charge in [-0.05, 0) is 31.6 Å². The van der Waals surface area contributed by atoms with Gasteiger partial charge in [-0.2, -0.15) is 0 Å². The van der Waals surface area contributed by atoms with E-state index in [1.807, 2.05) is 6.92 Å². The first-order valence-electron chi connectivity index (χ1n) is 9.98. The Morgan fingerprint density at radius 3 is 2.63 bits per heavy atom. The first-order valence-corrected chi connectivity index (χ1v) is 9.98. The molecule has 7 nitrogen and oxygen atoms in total. The Morgan fingerprint density at radius 1 is 1.26 bits per heavy atom. The van der Waals surface area contributed by atoms with E-state index in [0.717, 1.165) is 42.3 Å². The van der Waals surface area contributed by atoms with Gasteiger partial charge in [-0.25, -0.2) is 9.97 Å². The zero-order valence-corrected chi connectivity index (χ0v) is 17.3. The molecule has 1 aromatic heterocycles. The highest BCUT2D eigenvalue weighted by Crippen LogP contribution is 2.35. The summed E-state index contributed by atoms with van der Waals surface area (Å²) in [4.78, 5) is 24.4. The SMILES string of the molecule is Cc1nc(C(C)C)c(C(C)C)c(N2CCCC2C(=O)NCCOCCO)n1. The van der Waals surface area contributed by atoms with Crippen LogP contribution in [0.4, 0.5) is 5.82 Å². The third-order valence-corrected chi connectivity index (χ3v) is 4.80. The summed E-state index contributed by atoms with van der Waals surface area (Å²) in [5.41, 5.74) is 2.23. The number of aliphatic hydroxyl groups excluding tert-OH is 1. The number of anilines is 1. The third kappa shape index (κ3) is 5.39. The maximum atomic E-state index is 12.7. The minimum Gasteiger partial charge on any atom is -0.394 e. The maximum absolute atomic E-state index is 12.7. The number of hydrogen-bond donors (Lipinski definition) is 2. The molecule has 152 valence electrons. The van der Waals surface area contributed by atoms with Crippen molar-refractivity contribution in [3.8, 4) is 0 Å². The second kappa shape index (κ2) is 9.99. The molecule has 2 N–H and O–H groups in total. The van der Waals surface area contributed by atoms with E-state index < -0.39 is 0 Å². The predicted octanol–water partition coefficient (Wildman–Crippen LogP) is 2.13. The number of aliphatic hydroxyl groups is 1. The van der Waals surface area contributed by atoms with Crippen molar-refractivity contribution in [1.82, 2.24) is 15.3 Å². The van der Waals surface area contributed by atoms with E-state index in [1.54, 1.807) is 0 Å². The summed E-state index contributed by atoms with van der Waals surface area (Å²) < 4.78 is 5.22. The molecule has 0 aliphatic carbocycles. The van der Waals surface area contributed by atoms with Gasteiger partial charge in [-0.15, -0.1) is 0 Å². The summed E-state index contributed by atoms with van der Waals surface area (Å²) in [6.07, 6.45) is 1.79. The molecule has 27 heavy (non-hydrogen) atoms. The lowest BCUT2D eigenvalue weighted by atomic mass is 9.95. The zero-order valence-electron chi connectivity index (χ0n) is 17.3. The minimum atomic E-state index is -0.213. The summed E-state index contributed by atoms with van der Waals surface area (Å²) in [7, 11) is 0. The predicted molar refractivity (Wildman–Crippen MR) is 106 cm³/mol. The molecule has 2 rings (SSSR count). The number of carbonyl (C=O) groups is 1. The van der Waals surface area contributed by atoms with Crippen LogP contribution in [0.5, 0.6) is 0 Å². The van der Waals surface area contributed by atoms with Crippen molar-refractivity contribution in [3.05, 3.63) is 17.1 Å². The lowest BCUT2D eigenvalue weighted by molar-refractivity contribution is -0.122. The molecule has 0 radical (unpaired) electrons. The van der Waals surface area contributed by atoms with Gasteiger partial charge < -0.3 is 20.1 Å². The minimum absolute atomic E-state index is 0.00637. The Morgan fingerprint density at radius 2 is 2.00 bits per heavy atom. The molecule has 1 aliphatic heterocycles. The Kier molecular flexibility index (Phi) is 7.98. The Bertz CT molecular complexity index is 634. The number of aromatic nitrogens is 2. The zero-order chi connectivity index (χ0) is 20.0. The van der Waals surface area contributed by atoms with Crippen LogP contribution in [0.2, 0.25) is 0 Å². The number of carbonyl (C=O) groups excluding carboxylic acids is 1. The van der Waals surface area contributed by atoms with Crippen LogP contribution in [0.3, 0.4) is 0 Å². The number of nitrogens with zero attached hydrogens (tertiary/aromatic N) is 3. The summed E-state index contributed by atoms with van der Waals surface area (Å²) in [6.45, 7) is 12.5. The average Bonchev–Trinajstić information content (AvgIpc) is 3.10. The van der Waals surface area contributed by atoms with Crippen LogP contribution in [-0.2, 0) is 9.53 Å². The molecule has 1 amide bonds. The van der Waals surface area contributed by atoms with E-state index in [4.69, 9.17) is 19.8 Å². The lowest BCUT2D eigenvalue weighted by Crippen LogP contribution is -2.45. The highest BCUT2D eigenvalue weighted by Gasteiger charge is 2.34. The summed E-state index contributed by atoms with van der Waals surface area (Å²) in [5, 5.41) is 11.7. The molecule has 1 unspecified atom stereocenters. The largest absolute Gasteiger partial charge is 0.394 e. The van der Waals surface area contributed by atoms with Crippen molar-refractivity contribution in [1.29, 1.82) is 0 Å². The van der Waals surface area contributed by atoms with Crippen molar-refractivity contribution in [2.45, 2.75) is 65.3 Å². The molecule has 1 aliphatic rings. The summed E-state index contributed by atoms with van der Waals surface area (Å²) in [5.74, 6) is 2.27. The smallest absolute Gasteiger partial charge is 0.242 e. The molecular weight excluding hydrogens is 344 g/mol. The quantitative estimate of drug-likeness (QED) is 0.640. The molecule has 7 heteroatoms. The van der Waals surface area contributed by atoms with Gasteiger partial charge in [0.15, 0.2) is 0 Å². The van der Waals surface area contributed by atoms with Gasteiger partial charge in [0.2, 0.25) is 5.91 Å². The molecule has 2 heterocycles. The maximum Gasteiger partial charge on any atom is 0.242 e. The van der Waals surface area contributed by atoms with E-state index in [1.165, 1.54) is 0 Å². The molecule has 1 aromatic rings. The van der Waals surface area contributed by atoms with E-state index in [0.29, 0.717) is 25.7 Å². The monoisotopic (exact) mass is 378 g/mol. The van der Waals surface area contributed by atoms with Crippen molar-refractivity contribution in [2.75, 3.05) is 37.8 Å². The molecule has 0 bridgehead atoms. The standard InChI is InChI=1S/C20H34N4O3/c1-13(2)17-18(14(3)4)22-15(5)23-19(17)24-9-6-7-16(24)20(26)21-8-11-27-12-10-25/h13-14,16,25H,6-12H2,1-5H3,(H,21,26). The topological polar surface area (TPSA) is 87.6 Å². The van der Waals surface area contributed by atoms with Crippen molar-refractivity contribution < 1.29 is 14.6 Å². The normalized spacial score (nSPS) is 17.2. The molecular formula is C20H34N4O3. The number of aryl methyl sites for hydroxylation is 1. The number of ether oxygens (including phenoxy) is 1. The highest BCUT2D eigenvalue weighted by molar-refractivity contribution is 5.85. The van der Waals surface area contributed by atoms with Gasteiger partial charge in [0.1, 0.15) is 17.7 Å². The molecule has 1 fully saturated rings. The van der Waals surface area contributed by atoms with Crippen molar-refractivity contribution in [2.24, 2.45) is 0 Å². The second-order valence-electron chi connectivity index (χ2n) is 7.68. The summed E-state index contributed by atoms with van der Waals surface area (Å²) in [6, 6.07) is -0.213. The van der Waals surface area contributed by atoms with Gasteiger partial charge in [-0.1, -0.05) is 27.7 Å². The van der Waals surface area contributed by atoms with Gasteiger partial charge in [0.25, 0.3) is 0 Å². The van der Waals surface area contributed by atoms with Crippen LogP contribution in [0.15, 0.2) is 0 Å². The molecule has 1 saturated heterocycles.